The molecule has 0 aliphatic carbocycles. The van der Waals surface area contributed by atoms with Crippen LogP contribution in [-0.4, -0.2) is 36.0 Å². The molecular formula is C17H20N2O6. The van der Waals surface area contributed by atoms with E-state index in [9.17, 15) is 14.4 Å². The molecule has 1 atom stereocenters. The van der Waals surface area contributed by atoms with Crippen molar-refractivity contribution in [3.8, 4) is 0 Å². The third kappa shape index (κ3) is 4.09. The Morgan fingerprint density at radius 3 is 2.60 bits per heavy atom. The van der Waals surface area contributed by atoms with Crippen molar-refractivity contribution in [1.29, 1.82) is 0 Å². The smallest absolute Gasteiger partial charge is 0.355 e. The van der Waals surface area contributed by atoms with E-state index in [4.69, 9.17) is 13.9 Å². The number of ether oxygens (including phenoxy) is 2. The maximum absolute atomic E-state index is 12.3. The number of amides is 1. The SMILES string of the molecule is COC(=O)c1c(C)[nH]c(C(=O)OC(C)C(=O)NCc2ccco2)c1C. The van der Waals surface area contributed by atoms with Crippen LogP contribution in [0.2, 0.25) is 0 Å². The van der Waals surface area contributed by atoms with Gasteiger partial charge in [0.05, 0.1) is 25.5 Å². The first-order chi connectivity index (χ1) is 11.8. The van der Waals surface area contributed by atoms with Crippen LogP contribution in [0.5, 0.6) is 0 Å². The van der Waals surface area contributed by atoms with Crippen LogP contribution in [0.25, 0.3) is 0 Å². The van der Waals surface area contributed by atoms with E-state index in [-0.39, 0.29) is 17.8 Å². The average molecular weight is 348 g/mol. The molecule has 1 amide bonds. The number of aryl methyl sites for hydroxylation is 1. The second-order valence-electron chi connectivity index (χ2n) is 5.46. The molecule has 2 heterocycles. The van der Waals surface area contributed by atoms with Gasteiger partial charge in [-0.3, -0.25) is 4.79 Å². The molecule has 2 aromatic heterocycles. The zero-order valence-corrected chi connectivity index (χ0v) is 14.5. The maximum atomic E-state index is 12.3. The molecule has 2 rings (SSSR count). The zero-order chi connectivity index (χ0) is 18.6. The Labute approximate surface area is 144 Å². The predicted molar refractivity (Wildman–Crippen MR) is 87.0 cm³/mol. The number of hydrogen-bond donors (Lipinski definition) is 2. The van der Waals surface area contributed by atoms with E-state index >= 15 is 0 Å². The first-order valence-electron chi connectivity index (χ1n) is 7.63. The number of aromatic nitrogens is 1. The number of aromatic amines is 1. The highest BCUT2D eigenvalue weighted by Gasteiger charge is 2.26. The molecule has 0 bridgehead atoms. The fourth-order valence-electron chi connectivity index (χ4n) is 2.37. The topological polar surface area (TPSA) is 111 Å². The first-order valence-corrected chi connectivity index (χ1v) is 7.63. The Kier molecular flexibility index (Phi) is 5.63. The van der Waals surface area contributed by atoms with Gasteiger partial charge in [0.2, 0.25) is 0 Å². The van der Waals surface area contributed by atoms with Crippen LogP contribution in [0.1, 0.15) is 44.8 Å². The van der Waals surface area contributed by atoms with Gasteiger partial charge in [-0.15, -0.1) is 0 Å². The number of carbonyl (C=O) groups excluding carboxylic acids is 3. The summed E-state index contributed by atoms with van der Waals surface area (Å²) in [5, 5.41) is 2.61. The van der Waals surface area contributed by atoms with E-state index in [2.05, 4.69) is 10.3 Å². The second kappa shape index (κ2) is 7.69. The van der Waals surface area contributed by atoms with Gasteiger partial charge >= 0.3 is 11.9 Å². The van der Waals surface area contributed by atoms with E-state index < -0.39 is 23.9 Å². The summed E-state index contributed by atoms with van der Waals surface area (Å²) in [4.78, 5) is 38.8. The van der Waals surface area contributed by atoms with Crippen LogP contribution in [-0.2, 0) is 20.8 Å². The van der Waals surface area contributed by atoms with Crippen LogP contribution in [0, 0.1) is 13.8 Å². The number of H-pyrrole nitrogens is 1. The maximum Gasteiger partial charge on any atom is 0.355 e. The van der Waals surface area contributed by atoms with E-state index in [1.54, 1.807) is 26.0 Å². The second-order valence-corrected chi connectivity index (χ2v) is 5.46. The fraction of sp³-hybridized carbons (Fsp3) is 0.353. The molecule has 0 aliphatic heterocycles. The van der Waals surface area contributed by atoms with Crippen molar-refractivity contribution in [1.82, 2.24) is 10.3 Å². The lowest BCUT2D eigenvalue weighted by atomic mass is 10.1. The van der Waals surface area contributed by atoms with Gasteiger partial charge in [-0.2, -0.15) is 0 Å². The van der Waals surface area contributed by atoms with Crippen LogP contribution < -0.4 is 5.32 Å². The molecule has 0 saturated heterocycles. The minimum atomic E-state index is -1.01. The summed E-state index contributed by atoms with van der Waals surface area (Å²) in [5.74, 6) is -1.14. The van der Waals surface area contributed by atoms with Crippen molar-refractivity contribution in [2.75, 3.05) is 7.11 Å². The van der Waals surface area contributed by atoms with E-state index in [1.165, 1.54) is 20.3 Å². The Morgan fingerprint density at radius 2 is 2.00 bits per heavy atom. The number of hydrogen-bond acceptors (Lipinski definition) is 6. The highest BCUT2D eigenvalue weighted by Crippen LogP contribution is 2.20. The van der Waals surface area contributed by atoms with Crippen LogP contribution in [0.3, 0.4) is 0 Å². The normalized spacial score (nSPS) is 11.7. The van der Waals surface area contributed by atoms with E-state index in [0.29, 0.717) is 17.0 Å². The summed E-state index contributed by atoms with van der Waals surface area (Å²) in [6.07, 6.45) is 0.493. The number of methoxy groups -OCH3 is 1. The van der Waals surface area contributed by atoms with Gasteiger partial charge in [0.25, 0.3) is 5.91 Å². The lowest BCUT2D eigenvalue weighted by Crippen LogP contribution is -2.35. The Hall–Kier alpha value is -3.03. The largest absolute Gasteiger partial charge is 0.467 e. The lowest BCUT2D eigenvalue weighted by molar-refractivity contribution is -0.129. The van der Waals surface area contributed by atoms with Crippen molar-refractivity contribution >= 4 is 17.8 Å². The molecule has 8 heteroatoms. The number of carbonyl (C=O) groups is 3. The van der Waals surface area contributed by atoms with Crippen molar-refractivity contribution in [3.63, 3.8) is 0 Å². The van der Waals surface area contributed by atoms with Crippen molar-refractivity contribution in [2.24, 2.45) is 0 Å². The van der Waals surface area contributed by atoms with E-state index in [1.807, 2.05) is 0 Å². The molecule has 2 N–H and O–H groups in total. The lowest BCUT2D eigenvalue weighted by Gasteiger charge is -2.12. The van der Waals surface area contributed by atoms with Gasteiger partial charge < -0.3 is 24.2 Å². The van der Waals surface area contributed by atoms with Gasteiger partial charge in [-0.05, 0) is 38.5 Å². The summed E-state index contributed by atoms with van der Waals surface area (Å²) < 4.78 is 15.0. The van der Waals surface area contributed by atoms with Crippen LogP contribution in [0.15, 0.2) is 22.8 Å². The molecule has 25 heavy (non-hydrogen) atoms. The summed E-state index contributed by atoms with van der Waals surface area (Å²) in [6, 6.07) is 3.43. The summed E-state index contributed by atoms with van der Waals surface area (Å²) in [7, 11) is 1.26. The first kappa shape index (κ1) is 18.3. The van der Waals surface area contributed by atoms with Gasteiger partial charge in [0.15, 0.2) is 6.10 Å². The molecule has 0 saturated carbocycles. The molecule has 0 spiro atoms. The van der Waals surface area contributed by atoms with E-state index in [0.717, 1.165) is 0 Å². The summed E-state index contributed by atoms with van der Waals surface area (Å²) in [5.41, 5.74) is 1.30. The summed E-state index contributed by atoms with van der Waals surface area (Å²) in [6.45, 7) is 4.91. The van der Waals surface area contributed by atoms with Crippen molar-refractivity contribution < 1.29 is 28.3 Å². The number of furan rings is 1. The molecule has 0 aromatic carbocycles. The highest BCUT2D eigenvalue weighted by atomic mass is 16.5. The van der Waals surface area contributed by atoms with Gasteiger partial charge in [-0.25, -0.2) is 9.59 Å². The zero-order valence-electron chi connectivity index (χ0n) is 14.5. The number of rotatable bonds is 6. The monoisotopic (exact) mass is 348 g/mol. The van der Waals surface area contributed by atoms with Crippen LogP contribution >= 0.6 is 0 Å². The molecule has 1 unspecified atom stereocenters. The molecule has 0 fully saturated rings. The summed E-state index contributed by atoms with van der Waals surface area (Å²) >= 11 is 0. The molecule has 0 aliphatic rings. The minimum Gasteiger partial charge on any atom is -0.467 e. The predicted octanol–water partition coefficient (Wildman–Crippen LogP) is 1.87. The third-order valence-electron chi connectivity index (χ3n) is 3.70. The third-order valence-corrected chi connectivity index (χ3v) is 3.70. The van der Waals surface area contributed by atoms with Crippen molar-refractivity contribution in [2.45, 2.75) is 33.4 Å². The molecule has 8 nitrogen and oxygen atoms in total. The molecule has 2 aromatic rings. The van der Waals surface area contributed by atoms with Gasteiger partial charge in [0, 0.05) is 5.69 Å². The standard InChI is InChI=1S/C17H20N2O6/c1-9-13(16(21)23-4)10(2)19-14(9)17(22)25-11(3)15(20)18-8-12-6-5-7-24-12/h5-7,11,19H,8H2,1-4H3,(H,18,20). The van der Waals surface area contributed by atoms with Crippen molar-refractivity contribution in [3.05, 3.63) is 46.7 Å². The fourth-order valence-corrected chi connectivity index (χ4v) is 2.37. The van der Waals surface area contributed by atoms with Crippen LogP contribution in [0.4, 0.5) is 0 Å². The Balaban J connectivity index is 2.01. The number of nitrogens with one attached hydrogen (secondary N) is 2. The molecule has 134 valence electrons. The highest BCUT2D eigenvalue weighted by molar-refractivity contribution is 5.99. The van der Waals surface area contributed by atoms with Gasteiger partial charge in [-0.1, -0.05) is 0 Å². The quantitative estimate of drug-likeness (QED) is 0.771. The minimum absolute atomic E-state index is 0.114. The number of esters is 2. The average Bonchev–Trinajstić information content (AvgIpc) is 3.19. The van der Waals surface area contributed by atoms with Gasteiger partial charge in [0.1, 0.15) is 11.5 Å². The molecule has 0 radical (unpaired) electrons. The molecular weight excluding hydrogens is 328 g/mol. The Bertz CT molecular complexity index is 775. The Morgan fingerprint density at radius 1 is 1.28 bits per heavy atom.